The van der Waals surface area contributed by atoms with Gasteiger partial charge < -0.3 is 26.2 Å². The summed E-state index contributed by atoms with van der Waals surface area (Å²) in [4.78, 5) is 30.0. The molecule has 7 nitrogen and oxygen atoms in total. The summed E-state index contributed by atoms with van der Waals surface area (Å²) in [6.45, 7) is 6.97. The van der Waals surface area contributed by atoms with Gasteiger partial charge in [0.15, 0.2) is 0 Å². The molecular formula is C27H37Cl2N5O2. The Hall–Kier alpha value is -2.32. The normalized spacial score (nSPS) is 15.6. The van der Waals surface area contributed by atoms with Gasteiger partial charge in [-0.1, -0.05) is 61.3 Å². The smallest absolute Gasteiger partial charge is 0.245 e. The lowest BCUT2D eigenvalue weighted by Gasteiger charge is -2.39. The lowest BCUT2D eigenvalue weighted by molar-refractivity contribution is -0.136. The van der Waals surface area contributed by atoms with Gasteiger partial charge in [0.2, 0.25) is 11.8 Å². The molecule has 2 atom stereocenters. The number of piperazine rings is 1. The molecule has 3 rings (SSSR count). The SMILES string of the molecule is CNCC(=O)N[C@H](Cc1ccc(Cl)cc1Cl)C(=O)N1CCN(c2ccccc2C(N)CC(C)C)CC1. The highest BCUT2D eigenvalue weighted by Crippen LogP contribution is 2.30. The van der Waals surface area contributed by atoms with Crippen molar-refractivity contribution in [2.75, 3.05) is 44.7 Å². The van der Waals surface area contributed by atoms with Gasteiger partial charge in [0.1, 0.15) is 6.04 Å². The van der Waals surface area contributed by atoms with Gasteiger partial charge in [-0.2, -0.15) is 0 Å². The molecule has 1 unspecified atom stereocenters. The van der Waals surface area contributed by atoms with Gasteiger partial charge >= 0.3 is 0 Å². The zero-order valence-electron chi connectivity index (χ0n) is 21.3. The molecule has 2 amide bonds. The molecule has 0 spiro atoms. The van der Waals surface area contributed by atoms with Crippen LogP contribution in [-0.4, -0.2) is 62.5 Å². The van der Waals surface area contributed by atoms with Gasteiger partial charge in [-0.15, -0.1) is 0 Å². The van der Waals surface area contributed by atoms with Crippen LogP contribution in [0.3, 0.4) is 0 Å². The van der Waals surface area contributed by atoms with Crippen LogP contribution >= 0.6 is 23.2 Å². The third-order valence-corrected chi connectivity index (χ3v) is 6.99. The number of benzene rings is 2. The van der Waals surface area contributed by atoms with Crippen LogP contribution < -0.4 is 21.3 Å². The predicted molar refractivity (Wildman–Crippen MR) is 148 cm³/mol. The van der Waals surface area contributed by atoms with Crippen molar-refractivity contribution in [1.82, 2.24) is 15.5 Å². The maximum Gasteiger partial charge on any atom is 0.245 e. The number of para-hydroxylation sites is 1. The molecule has 1 saturated heterocycles. The Bertz CT molecular complexity index is 1040. The Kier molecular flexibility index (Phi) is 10.4. The molecule has 1 aliphatic heterocycles. The number of likely N-dealkylation sites (N-methyl/N-ethyl adjacent to an activating group) is 1. The molecule has 9 heteroatoms. The number of carbonyl (C=O) groups excluding carboxylic acids is 2. The molecule has 1 heterocycles. The summed E-state index contributed by atoms with van der Waals surface area (Å²) in [6, 6.07) is 12.7. The topological polar surface area (TPSA) is 90.7 Å². The molecule has 4 N–H and O–H groups in total. The summed E-state index contributed by atoms with van der Waals surface area (Å²) in [5.74, 6) is 0.147. The number of rotatable bonds is 10. The summed E-state index contributed by atoms with van der Waals surface area (Å²) >= 11 is 12.4. The number of nitrogens with one attached hydrogen (secondary N) is 2. The van der Waals surface area contributed by atoms with Crippen molar-refractivity contribution < 1.29 is 9.59 Å². The number of halogens is 2. The first-order chi connectivity index (χ1) is 17.2. The minimum atomic E-state index is -0.720. The van der Waals surface area contributed by atoms with Gasteiger partial charge in [0, 0.05) is 54.4 Å². The first kappa shape index (κ1) is 28.3. The van der Waals surface area contributed by atoms with Crippen molar-refractivity contribution >= 4 is 40.7 Å². The lowest BCUT2D eigenvalue weighted by atomic mass is 9.96. The minimum Gasteiger partial charge on any atom is -0.368 e. The van der Waals surface area contributed by atoms with Crippen LogP contribution in [0, 0.1) is 5.92 Å². The average molecular weight is 535 g/mol. The average Bonchev–Trinajstić information content (AvgIpc) is 2.84. The molecule has 2 aromatic carbocycles. The second-order valence-corrected chi connectivity index (χ2v) is 10.5. The highest BCUT2D eigenvalue weighted by molar-refractivity contribution is 6.35. The van der Waals surface area contributed by atoms with Gasteiger partial charge in [-0.3, -0.25) is 9.59 Å². The number of hydrogen-bond acceptors (Lipinski definition) is 5. The fraction of sp³-hybridized carbons (Fsp3) is 0.481. The van der Waals surface area contributed by atoms with E-state index in [-0.39, 0.29) is 30.8 Å². The molecular weight excluding hydrogens is 497 g/mol. The van der Waals surface area contributed by atoms with Crippen molar-refractivity contribution in [2.24, 2.45) is 11.7 Å². The van der Waals surface area contributed by atoms with Crippen LogP contribution in [0.25, 0.3) is 0 Å². The summed E-state index contributed by atoms with van der Waals surface area (Å²) in [7, 11) is 1.69. The van der Waals surface area contributed by atoms with Crippen molar-refractivity contribution in [3.05, 3.63) is 63.6 Å². The Morgan fingerprint density at radius 1 is 1.06 bits per heavy atom. The van der Waals surface area contributed by atoms with E-state index in [9.17, 15) is 9.59 Å². The van der Waals surface area contributed by atoms with Crippen molar-refractivity contribution in [2.45, 2.75) is 38.8 Å². The number of amides is 2. The molecule has 2 aromatic rings. The first-order valence-electron chi connectivity index (χ1n) is 12.5. The number of anilines is 1. The van der Waals surface area contributed by atoms with Crippen molar-refractivity contribution in [3.8, 4) is 0 Å². The van der Waals surface area contributed by atoms with Crippen molar-refractivity contribution in [3.63, 3.8) is 0 Å². The van der Waals surface area contributed by atoms with E-state index in [1.165, 1.54) is 0 Å². The van der Waals surface area contributed by atoms with E-state index < -0.39 is 6.04 Å². The molecule has 1 aliphatic rings. The summed E-state index contributed by atoms with van der Waals surface area (Å²) in [5, 5.41) is 6.70. The zero-order valence-corrected chi connectivity index (χ0v) is 22.8. The van der Waals surface area contributed by atoms with Crippen LogP contribution in [0.5, 0.6) is 0 Å². The quantitative estimate of drug-likeness (QED) is 0.433. The van der Waals surface area contributed by atoms with E-state index in [1.54, 1.807) is 25.2 Å². The second kappa shape index (κ2) is 13.3. The van der Waals surface area contributed by atoms with Crippen LogP contribution in [-0.2, 0) is 16.0 Å². The molecule has 196 valence electrons. The molecule has 0 aliphatic carbocycles. The Labute approximate surface area is 224 Å². The predicted octanol–water partition coefficient (Wildman–Crippen LogP) is 3.63. The van der Waals surface area contributed by atoms with E-state index in [1.807, 2.05) is 17.0 Å². The second-order valence-electron chi connectivity index (χ2n) is 9.70. The minimum absolute atomic E-state index is 0.0308. The zero-order chi connectivity index (χ0) is 26.2. The first-order valence-corrected chi connectivity index (χ1v) is 13.2. The van der Waals surface area contributed by atoms with Crippen molar-refractivity contribution in [1.29, 1.82) is 0 Å². The molecule has 1 fully saturated rings. The van der Waals surface area contributed by atoms with Crippen LogP contribution in [0.4, 0.5) is 5.69 Å². The highest BCUT2D eigenvalue weighted by atomic mass is 35.5. The standard InChI is InChI=1S/C27H37Cl2N5O2/c1-18(2)14-23(30)21-6-4-5-7-25(21)33-10-12-34(13-11-33)27(36)24(32-26(35)17-31-3)15-19-8-9-20(28)16-22(19)29/h4-9,16,18,23-24,31H,10-15,17,30H2,1-3H3,(H,32,35)/t23?,24-/m1/s1. The maximum absolute atomic E-state index is 13.5. The largest absolute Gasteiger partial charge is 0.368 e. The third kappa shape index (κ3) is 7.59. The Morgan fingerprint density at radius 3 is 2.39 bits per heavy atom. The Balaban J connectivity index is 1.71. The van der Waals surface area contributed by atoms with Gasteiger partial charge in [0.05, 0.1) is 6.54 Å². The molecule has 36 heavy (non-hydrogen) atoms. The number of nitrogens with zero attached hydrogens (tertiary/aromatic N) is 2. The number of nitrogens with two attached hydrogens (primary N) is 1. The third-order valence-electron chi connectivity index (χ3n) is 6.40. The maximum atomic E-state index is 13.5. The fourth-order valence-electron chi connectivity index (χ4n) is 4.63. The van der Waals surface area contributed by atoms with Gasteiger partial charge in [-0.25, -0.2) is 0 Å². The van der Waals surface area contributed by atoms with Crippen LogP contribution in [0.1, 0.15) is 37.4 Å². The molecule has 0 saturated carbocycles. The van der Waals surface area contributed by atoms with E-state index in [0.717, 1.165) is 23.2 Å². The summed E-state index contributed by atoms with van der Waals surface area (Å²) < 4.78 is 0. The van der Waals surface area contributed by atoms with Gasteiger partial charge in [-0.05, 0) is 48.7 Å². The number of hydrogen-bond donors (Lipinski definition) is 3. The van der Waals surface area contributed by atoms with E-state index in [0.29, 0.717) is 42.1 Å². The monoisotopic (exact) mass is 533 g/mol. The van der Waals surface area contributed by atoms with E-state index >= 15 is 0 Å². The fourth-order valence-corrected chi connectivity index (χ4v) is 5.11. The number of carbonyl (C=O) groups is 2. The molecule has 0 aromatic heterocycles. The summed E-state index contributed by atoms with van der Waals surface area (Å²) in [5.41, 5.74) is 9.56. The summed E-state index contributed by atoms with van der Waals surface area (Å²) in [6.07, 6.45) is 1.20. The van der Waals surface area contributed by atoms with Crippen LogP contribution in [0.15, 0.2) is 42.5 Å². The van der Waals surface area contributed by atoms with E-state index in [2.05, 4.69) is 41.5 Å². The molecule has 0 bridgehead atoms. The van der Waals surface area contributed by atoms with E-state index in [4.69, 9.17) is 28.9 Å². The van der Waals surface area contributed by atoms with Gasteiger partial charge in [0.25, 0.3) is 0 Å². The highest BCUT2D eigenvalue weighted by Gasteiger charge is 2.30. The lowest BCUT2D eigenvalue weighted by Crippen LogP contribution is -2.56. The van der Waals surface area contributed by atoms with Crippen LogP contribution in [0.2, 0.25) is 10.0 Å². The molecule has 0 radical (unpaired) electrons. The Morgan fingerprint density at radius 2 is 1.75 bits per heavy atom.